The molecule has 0 aliphatic heterocycles. The molecule has 0 unspecified atom stereocenters. The van der Waals surface area contributed by atoms with Gasteiger partial charge in [-0.1, -0.05) is 38.5 Å². The van der Waals surface area contributed by atoms with Crippen molar-refractivity contribution in [2.45, 2.75) is 76.4 Å². The van der Waals surface area contributed by atoms with Gasteiger partial charge in [0.1, 0.15) is 6.61 Å². The third-order valence-corrected chi connectivity index (χ3v) is 4.51. The molecule has 104 valence electrons. The zero-order valence-corrected chi connectivity index (χ0v) is 11.7. The number of ether oxygens (including phenoxy) is 1. The van der Waals surface area contributed by atoms with E-state index in [0.717, 1.165) is 12.8 Å². The third-order valence-electron chi connectivity index (χ3n) is 4.51. The van der Waals surface area contributed by atoms with Gasteiger partial charge in [0.05, 0.1) is 6.10 Å². The fourth-order valence-corrected chi connectivity index (χ4v) is 3.19. The van der Waals surface area contributed by atoms with Crippen LogP contribution in [-0.2, 0) is 9.53 Å². The molecule has 0 radical (unpaired) electrons. The van der Waals surface area contributed by atoms with Crippen molar-refractivity contribution in [3.8, 4) is 0 Å². The third kappa shape index (κ3) is 3.98. The Labute approximate surface area is 111 Å². The molecule has 2 aliphatic carbocycles. The number of amides is 1. The summed E-state index contributed by atoms with van der Waals surface area (Å²) in [6.45, 7) is 0.289. The minimum Gasteiger partial charge on any atom is -0.368 e. The van der Waals surface area contributed by atoms with E-state index in [1.807, 2.05) is 11.9 Å². The van der Waals surface area contributed by atoms with Crippen LogP contribution < -0.4 is 0 Å². The second-order valence-corrected chi connectivity index (χ2v) is 5.87. The van der Waals surface area contributed by atoms with Gasteiger partial charge in [-0.3, -0.25) is 4.79 Å². The lowest BCUT2D eigenvalue weighted by Gasteiger charge is -2.32. The SMILES string of the molecule is CN(C(=O)COC1CCCCC1)C1CCCCC1. The van der Waals surface area contributed by atoms with E-state index in [-0.39, 0.29) is 12.5 Å². The van der Waals surface area contributed by atoms with E-state index in [4.69, 9.17) is 4.74 Å². The van der Waals surface area contributed by atoms with Crippen LogP contribution in [0.1, 0.15) is 64.2 Å². The Balaban J connectivity index is 1.69. The summed E-state index contributed by atoms with van der Waals surface area (Å²) in [5.41, 5.74) is 0. The monoisotopic (exact) mass is 253 g/mol. The Morgan fingerprint density at radius 2 is 1.56 bits per heavy atom. The molecule has 0 atom stereocenters. The molecule has 0 N–H and O–H groups in total. The molecule has 2 fully saturated rings. The molecule has 0 aromatic carbocycles. The largest absolute Gasteiger partial charge is 0.368 e. The van der Waals surface area contributed by atoms with Crippen LogP contribution in [0.25, 0.3) is 0 Å². The van der Waals surface area contributed by atoms with Crippen LogP contribution in [0.15, 0.2) is 0 Å². The average Bonchev–Trinajstić information content (AvgIpc) is 2.46. The van der Waals surface area contributed by atoms with Gasteiger partial charge in [0.2, 0.25) is 5.91 Å². The molecule has 0 spiro atoms. The van der Waals surface area contributed by atoms with Gasteiger partial charge >= 0.3 is 0 Å². The minimum atomic E-state index is 0.174. The van der Waals surface area contributed by atoms with Crippen LogP contribution in [0.4, 0.5) is 0 Å². The fourth-order valence-electron chi connectivity index (χ4n) is 3.19. The molecule has 0 aromatic heterocycles. The molecule has 3 heteroatoms. The first-order chi connectivity index (χ1) is 8.77. The summed E-state index contributed by atoms with van der Waals surface area (Å²) in [5.74, 6) is 0.174. The van der Waals surface area contributed by atoms with Gasteiger partial charge in [-0.05, 0) is 25.7 Å². The van der Waals surface area contributed by atoms with Gasteiger partial charge in [-0.2, -0.15) is 0 Å². The van der Waals surface area contributed by atoms with Crippen molar-refractivity contribution in [3.05, 3.63) is 0 Å². The van der Waals surface area contributed by atoms with Crippen molar-refractivity contribution >= 4 is 5.91 Å². The smallest absolute Gasteiger partial charge is 0.248 e. The molecular weight excluding hydrogens is 226 g/mol. The summed E-state index contributed by atoms with van der Waals surface area (Å²) in [6, 6.07) is 0.459. The zero-order valence-electron chi connectivity index (χ0n) is 11.7. The summed E-state index contributed by atoms with van der Waals surface area (Å²) in [6.07, 6.45) is 12.7. The fraction of sp³-hybridized carbons (Fsp3) is 0.933. The van der Waals surface area contributed by atoms with E-state index in [2.05, 4.69) is 0 Å². The van der Waals surface area contributed by atoms with Gasteiger partial charge < -0.3 is 9.64 Å². The highest BCUT2D eigenvalue weighted by Crippen LogP contribution is 2.23. The van der Waals surface area contributed by atoms with Crippen molar-refractivity contribution in [1.82, 2.24) is 4.90 Å². The van der Waals surface area contributed by atoms with Crippen molar-refractivity contribution in [2.75, 3.05) is 13.7 Å². The van der Waals surface area contributed by atoms with Crippen LogP contribution >= 0.6 is 0 Å². The molecule has 2 rings (SSSR count). The van der Waals surface area contributed by atoms with E-state index in [9.17, 15) is 4.79 Å². The molecule has 18 heavy (non-hydrogen) atoms. The molecule has 0 heterocycles. The molecule has 0 saturated heterocycles. The molecule has 3 nitrogen and oxygen atoms in total. The maximum absolute atomic E-state index is 12.1. The van der Waals surface area contributed by atoms with E-state index < -0.39 is 0 Å². The van der Waals surface area contributed by atoms with Gasteiger partial charge in [-0.15, -0.1) is 0 Å². The number of likely N-dealkylation sites (N-methyl/N-ethyl adjacent to an activating group) is 1. The van der Waals surface area contributed by atoms with E-state index in [1.54, 1.807) is 0 Å². The van der Waals surface area contributed by atoms with E-state index in [1.165, 1.54) is 51.4 Å². The van der Waals surface area contributed by atoms with Crippen LogP contribution in [0, 0.1) is 0 Å². The number of hydrogen-bond donors (Lipinski definition) is 0. The number of carbonyl (C=O) groups excluding carboxylic acids is 1. The van der Waals surface area contributed by atoms with Gasteiger partial charge in [-0.25, -0.2) is 0 Å². The summed E-state index contributed by atoms with van der Waals surface area (Å²) >= 11 is 0. The predicted octanol–water partition coefficient (Wildman–Crippen LogP) is 3.13. The van der Waals surface area contributed by atoms with E-state index in [0.29, 0.717) is 12.1 Å². The Hall–Kier alpha value is -0.570. The minimum absolute atomic E-state index is 0.174. The standard InChI is InChI=1S/C15H27NO2/c1-16(13-8-4-2-5-9-13)15(17)12-18-14-10-6-3-7-11-14/h13-14H,2-12H2,1H3. The molecule has 1 amide bonds. The summed E-state index contributed by atoms with van der Waals surface area (Å²) in [4.78, 5) is 14.0. The summed E-state index contributed by atoms with van der Waals surface area (Å²) in [7, 11) is 1.95. The lowest BCUT2D eigenvalue weighted by atomic mass is 9.94. The van der Waals surface area contributed by atoms with Gasteiger partial charge in [0, 0.05) is 13.1 Å². The number of rotatable bonds is 4. The first kappa shape index (κ1) is 13.9. The molecule has 2 saturated carbocycles. The van der Waals surface area contributed by atoms with Crippen LogP contribution in [0.3, 0.4) is 0 Å². The molecule has 0 bridgehead atoms. The summed E-state index contributed by atoms with van der Waals surface area (Å²) < 4.78 is 5.77. The topological polar surface area (TPSA) is 29.5 Å². The second kappa shape index (κ2) is 7.13. The quantitative estimate of drug-likeness (QED) is 0.770. The Morgan fingerprint density at radius 1 is 1.00 bits per heavy atom. The number of carbonyl (C=O) groups is 1. The van der Waals surface area contributed by atoms with Gasteiger partial charge in [0.15, 0.2) is 0 Å². The normalized spacial score (nSPS) is 22.9. The van der Waals surface area contributed by atoms with Gasteiger partial charge in [0.25, 0.3) is 0 Å². The maximum Gasteiger partial charge on any atom is 0.248 e. The van der Waals surface area contributed by atoms with Crippen LogP contribution in [0.5, 0.6) is 0 Å². The van der Waals surface area contributed by atoms with E-state index >= 15 is 0 Å². The first-order valence-corrected chi connectivity index (χ1v) is 7.64. The molecular formula is C15H27NO2. The predicted molar refractivity (Wildman–Crippen MR) is 72.5 cm³/mol. The number of hydrogen-bond acceptors (Lipinski definition) is 2. The van der Waals surface area contributed by atoms with Crippen LogP contribution in [-0.4, -0.2) is 36.6 Å². The molecule has 0 aromatic rings. The lowest BCUT2D eigenvalue weighted by molar-refractivity contribution is -0.140. The summed E-state index contributed by atoms with van der Waals surface area (Å²) in [5, 5.41) is 0. The molecule has 2 aliphatic rings. The second-order valence-electron chi connectivity index (χ2n) is 5.87. The van der Waals surface area contributed by atoms with Crippen molar-refractivity contribution < 1.29 is 9.53 Å². The van der Waals surface area contributed by atoms with Crippen LogP contribution in [0.2, 0.25) is 0 Å². The van der Waals surface area contributed by atoms with Crippen molar-refractivity contribution in [2.24, 2.45) is 0 Å². The van der Waals surface area contributed by atoms with Crippen molar-refractivity contribution in [1.29, 1.82) is 0 Å². The Kier molecular flexibility index (Phi) is 5.48. The maximum atomic E-state index is 12.1. The Bertz CT molecular complexity index is 255. The highest BCUT2D eigenvalue weighted by atomic mass is 16.5. The number of nitrogens with zero attached hydrogens (tertiary/aromatic N) is 1. The Morgan fingerprint density at radius 3 is 2.17 bits per heavy atom. The van der Waals surface area contributed by atoms with Crippen molar-refractivity contribution in [3.63, 3.8) is 0 Å². The zero-order chi connectivity index (χ0) is 12.8. The lowest BCUT2D eigenvalue weighted by Crippen LogP contribution is -2.41. The highest BCUT2D eigenvalue weighted by Gasteiger charge is 2.23. The average molecular weight is 253 g/mol. The first-order valence-electron chi connectivity index (χ1n) is 7.64. The highest BCUT2D eigenvalue weighted by molar-refractivity contribution is 5.77.